The summed E-state index contributed by atoms with van der Waals surface area (Å²) in [7, 11) is 2.16. The third kappa shape index (κ3) is 2.88. The molecule has 1 saturated carbocycles. The monoisotopic (exact) mass is 284 g/mol. The molecule has 0 atom stereocenters. The summed E-state index contributed by atoms with van der Waals surface area (Å²) >= 11 is 0. The van der Waals surface area contributed by atoms with Gasteiger partial charge in [-0.1, -0.05) is 31.4 Å². The molecule has 1 N–H and O–H groups in total. The van der Waals surface area contributed by atoms with E-state index >= 15 is 0 Å². The number of benzene rings is 1. The van der Waals surface area contributed by atoms with E-state index in [1.54, 1.807) is 0 Å². The van der Waals surface area contributed by atoms with Crippen molar-refractivity contribution in [3.8, 4) is 0 Å². The molecule has 0 radical (unpaired) electrons. The summed E-state index contributed by atoms with van der Waals surface area (Å²) in [4.78, 5) is 18.5. The Labute approximate surface area is 126 Å². The van der Waals surface area contributed by atoms with Crippen LogP contribution in [0.25, 0.3) is 10.9 Å². The first-order valence-corrected chi connectivity index (χ1v) is 7.97. The van der Waals surface area contributed by atoms with E-state index in [1.807, 2.05) is 31.2 Å². The van der Waals surface area contributed by atoms with Gasteiger partial charge in [-0.15, -0.1) is 0 Å². The molecule has 21 heavy (non-hydrogen) atoms. The number of aromatic amines is 1. The van der Waals surface area contributed by atoms with Gasteiger partial charge in [0, 0.05) is 34.7 Å². The van der Waals surface area contributed by atoms with Gasteiger partial charge in [0.25, 0.3) is 0 Å². The quantitative estimate of drug-likeness (QED) is 0.935. The lowest BCUT2D eigenvalue weighted by Gasteiger charge is -2.31. The molecule has 0 unspecified atom stereocenters. The molecule has 1 aliphatic rings. The van der Waals surface area contributed by atoms with Gasteiger partial charge in [0.05, 0.1) is 0 Å². The molecular formula is C18H24N2O. The molecule has 2 aromatic rings. The second-order valence-corrected chi connectivity index (χ2v) is 6.31. The number of aromatic nitrogens is 1. The average Bonchev–Trinajstić information content (AvgIpc) is 2.52. The molecule has 0 bridgehead atoms. The zero-order valence-corrected chi connectivity index (χ0v) is 13.0. The summed E-state index contributed by atoms with van der Waals surface area (Å²) in [6.07, 6.45) is 6.53. The van der Waals surface area contributed by atoms with Crippen LogP contribution in [-0.2, 0) is 6.54 Å². The first kappa shape index (κ1) is 14.3. The lowest BCUT2D eigenvalue weighted by Crippen LogP contribution is -2.34. The van der Waals surface area contributed by atoms with Crippen molar-refractivity contribution in [3.63, 3.8) is 0 Å². The number of para-hydroxylation sites is 1. The van der Waals surface area contributed by atoms with Crippen LogP contribution in [0.2, 0.25) is 0 Å². The van der Waals surface area contributed by atoms with E-state index in [0.717, 1.165) is 28.7 Å². The van der Waals surface area contributed by atoms with Gasteiger partial charge in [-0.3, -0.25) is 9.69 Å². The van der Waals surface area contributed by atoms with Crippen LogP contribution < -0.4 is 5.43 Å². The molecular weight excluding hydrogens is 260 g/mol. The molecule has 1 aromatic carbocycles. The van der Waals surface area contributed by atoms with Gasteiger partial charge in [0.2, 0.25) is 0 Å². The minimum atomic E-state index is 0.185. The van der Waals surface area contributed by atoms with Gasteiger partial charge in [0.15, 0.2) is 5.43 Å². The standard InChI is InChI=1S/C18H24N2O/c1-13-16(12-20(2)14-8-4-3-5-9-14)18(21)15-10-6-7-11-17(15)19-13/h6-7,10-11,14H,3-5,8-9,12H2,1-2H3,(H,19,21). The molecule has 0 aliphatic heterocycles. The fraction of sp³-hybridized carbons (Fsp3) is 0.500. The Morgan fingerprint density at radius 3 is 2.67 bits per heavy atom. The normalized spacial score (nSPS) is 16.7. The Balaban J connectivity index is 1.91. The highest BCUT2D eigenvalue weighted by Crippen LogP contribution is 2.23. The van der Waals surface area contributed by atoms with Crippen LogP contribution >= 0.6 is 0 Å². The molecule has 0 spiro atoms. The lowest BCUT2D eigenvalue weighted by atomic mass is 9.94. The summed E-state index contributed by atoms with van der Waals surface area (Å²) < 4.78 is 0. The van der Waals surface area contributed by atoms with Crippen molar-refractivity contribution in [1.82, 2.24) is 9.88 Å². The number of aryl methyl sites for hydroxylation is 1. The summed E-state index contributed by atoms with van der Waals surface area (Å²) in [5, 5.41) is 0.801. The third-order valence-corrected chi connectivity index (χ3v) is 4.83. The van der Waals surface area contributed by atoms with E-state index in [4.69, 9.17) is 0 Å². The smallest absolute Gasteiger partial charge is 0.194 e. The van der Waals surface area contributed by atoms with Crippen molar-refractivity contribution >= 4 is 10.9 Å². The minimum absolute atomic E-state index is 0.185. The number of pyridine rings is 1. The van der Waals surface area contributed by atoms with Gasteiger partial charge in [-0.05, 0) is 38.9 Å². The van der Waals surface area contributed by atoms with E-state index in [1.165, 1.54) is 32.1 Å². The predicted octanol–water partition coefficient (Wildman–Crippen LogP) is 3.60. The number of fused-ring (bicyclic) bond motifs is 1. The SMILES string of the molecule is Cc1[nH]c2ccccc2c(=O)c1CN(C)C1CCCCC1. The fourth-order valence-corrected chi connectivity index (χ4v) is 3.49. The lowest BCUT2D eigenvalue weighted by molar-refractivity contribution is 0.184. The van der Waals surface area contributed by atoms with Crippen molar-refractivity contribution in [2.45, 2.75) is 51.6 Å². The van der Waals surface area contributed by atoms with Gasteiger partial charge >= 0.3 is 0 Å². The molecule has 1 heterocycles. The second kappa shape index (κ2) is 6.02. The van der Waals surface area contributed by atoms with Crippen LogP contribution in [0.3, 0.4) is 0 Å². The first-order valence-electron chi connectivity index (χ1n) is 7.97. The largest absolute Gasteiger partial charge is 0.358 e. The fourth-order valence-electron chi connectivity index (χ4n) is 3.49. The average molecular weight is 284 g/mol. The molecule has 3 heteroatoms. The van der Waals surface area contributed by atoms with Crippen LogP contribution in [0.5, 0.6) is 0 Å². The Morgan fingerprint density at radius 2 is 1.90 bits per heavy atom. The minimum Gasteiger partial charge on any atom is -0.358 e. The predicted molar refractivity (Wildman–Crippen MR) is 87.6 cm³/mol. The molecule has 3 nitrogen and oxygen atoms in total. The molecule has 3 rings (SSSR count). The number of H-pyrrole nitrogens is 1. The van der Waals surface area contributed by atoms with Crippen LogP contribution in [0.4, 0.5) is 0 Å². The maximum absolute atomic E-state index is 12.7. The van der Waals surface area contributed by atoms with Crippen LogP contribution in [0.1, 0.15) is 43.4 Å². The van der Waals surface area contributed by atoms with Crippen molar-refractivity contribution in [3.05, 3.63) is 45.7 Å². The summed E-state index contributed by atoms with van der Waals surface area (Å²) in [6, 6.07) is 8.41. The van der Waals surface area contributed by atoms with Gasteiger partial charge < -0.3 is 4.98 Å². The zero-order chi connectivity index (χ0) is 14.8. The number of nitrogens with one attached hydrogen (secondary N) is 1. The number of nitrogens with zero attached hydrogens (tertiary/aromatic N) is 1. The summed E-state index contributed by atoms with van der Waals surface area (Å²) in [6.45, 7) is 2.76. The summed E-state index contributed by atoms with van der Waals surface area (Å²) in [5.41, 5.74) is 3.04. The second-order valence-electron chi connectivity index (χ2n) is 6.31. The highest BCUT2D eigenvalue weighted by Gasteiger charge is 2.20. The van der Waals surface area contributed by atoms with E-state index in [2.05, 4.69) is 16.9 Å². The topological polar surface area (TPSA) is 36.1 Å². The van der Waals surface area contributed by atoms with Gasteiger partial charge in [-0.2, -0.15) is 0 Å². The first-order chi connectivity index (χ1) is 10.2. The Bertz CT molecular complexity index is 683. The number of hydrogen-bond acceptors (Lipinski definition) is 2. The Morgan fingerprint density at radius 1 is 1.19 bits per heavy atom. The molecule has 0 saturated heterocycles. The highest BCUT2D eigenvalue weighted by atomic mass is 16.1. The highest BCUT2D eigenvalue weighted by molar-refractivity contribution is 5.79. The Hall–Kier alpha value is -1.61. The molecule has 1 aromatic heterocycles. The van der Waals surface area contributed by atoms with Crippen molar-refractivity contribution in [2.75, 3.05) is 7.05 Å². The van der Waals surface area contributed by atoms with E-state index in [9.17, 15) is 4.79 Å². The maximum Gasteiger partial charge on any atom is 0.194 e. The van der Waals surface area contributed by atoms with Crippen molar-refractivity contribution in [2.24, 2.45) is 0 Å². The number of rotatable bonds is 3. The van der Waals surface area contributed by atoms with Crippen LogP contribution in [-0.4, -0.2) is 23.0 Å². The van der Waals surface area contributed by atoms with Crippen LogP contribution in [0, 0.1) is 6.92 Å². The Kier molecular flexibility index (Phi) is 4.11. The van der Waals surface area contributed by atoms with E-state index < -0.39 is 0 Å². The van der Waals surface area contributed by atoms with Crippen molar-refractivity contribution in [1.29, 1.82) is 0 Å². The van der Waals surface area contributed by atoms with Crippen LogP contribution in [0.15, 0.2) is 29.1 Å². The molecule has 1 aliphatic carbocycles. The molecule has 112 valence electrons. The number of hydrogen-bond donors (Lipinski definition) is 1. The zero-order valence-electron chi connectivity index (χ0n) is 13.0. The van der Waals surface area contributed by atoms with E-state index in [-0.39, 0.29) is 5.43 Å². The third-order valence-electron chi connectivity index (χ3n) is 4.83. The summed E-state index contributed by atoms with van der Waals surface area (Å²) in [5.74, 6) is 0. The molecule has 1 fully saturated rings. The maximum atomic E-state index is 12.7. The van der Waals surface area contributed by atoms with E-state index in [0.29, 0.717) is 6.04 Å². The molecule has 0 amide bonds. The van der Waals surface area contributed by atoms with Gasteiger partial charge in [-0.25, -0.2) is 0 Å². The van der Waals surface area contributed by atoms with Crippen molar-refractivity contribution < 1.29 is 0 Å². The van der Waals surface area contributed by atoms with Gasteiger partial charge in [0.1, 0.15) is 0 Å².